The number of nitrogens with zero attached hydrogens (tertiary/aromatic N) is 2. The monoisotopic (exact) mass is 653 g/mol. The van der Waals surface area contributed by atoms with E-state index in [1.807, 2.05) is 49.4 Å². The van der Waals surface area contributed by atoms with Crippen LogP contribution in [0.2, 0.25) is 5.02 Å². The van der Waals surface area contributed by atoms with Gasteiger partial charge in [0.25, 0.3) is 0 Å². The summed E-state index contributed by atoms with van der Waals surface area (Å²) in [6.07, 6.45) is 0. The SMILES string of the molecule is Cc1ccccc1NC(=O)Cn1c2c(sc1=O)C(c1ccc(Br)cc1)C1C(=O)N(c3ccc(Cl)cc3)C(=O)C1S2. The molecule has 3 unspecified atom stereocenters. The molecule has 1 saturated heterocycles. The average Bonchev–Trinajstić information content (AvgIpc) is 3.37. The van der Waals surface area contributed by atoms with Crippen molar-refractivity contribution >= 4 is 79.7 Å². The van der Waals surface area contributed by atoms with E-state index in [1.54, 1.807) is 30.3 Å². The highest BCUT2D eigenvalue weighted by Crippen LogP contribution is 2.54. The van der Waals surface area contributed by atoms with Crippen LogP contribution in [0.1, 0.15) is 21.9 Å². The molecule has 2 aliphatic heterocycles. The summed E-state index contributed by atoms with van der Waals surface area (Å²) in [6, 6.07) is 21.5. The van der Waals surface area contributed by atoms with Gasteiger partial charge in [-0.25, -0.2) is 4.90 Å². The van der Waals surface area contributed by atoms with Gasteiger partial charge in [-0.15, -0.1) is 0 Å². The van der Waals surface area contributed by atoms with Crippen LogP contribution >= 0.6 is 50.6 Å². The fraction of sp³-hybridized carbons (Fsp3) is 0.172. The number of thiazole rings is 1. The summed E-state index contributed by atoms with van der Waals surface area (Å²) in [7, 11) is 0. The first-order valence-electron chi connectivity index (χ1n) is 12.4. The number of hydrogen-bond donors (Lipinski definition) is 1. The van der Waals surface area contributed by atoms with Crippen molar-refractivity contribution in [3.05, 3.63) is 108 Å². The number of amides is 3. The number of hydrogen-bond acceptors (Lipinski definition) is 6. The number of rotatable bonds is 5. The van der Waals surface area contributed by atoms with Crippen molar-refractivity contribution in [3.8, 4) is 0 Å². The van der Waals surface area contributed by atoms with Crippen molar-refractivity contribution in [1.29, 1.82) is 0 Å². The molecule has 40 heavy (non-hydrogen) atoms. The van der Waals surface area contributed by atoms with Gasteiger partial charge < -0.3 is 5.32 Å². The van der Waals surface area contributed by atoms with E-state index in [0.717, 1.165) is 26.9 Å². The quantitative estimate of drug-likeness (QED) is 0.264. The Bertz CT molecular complexity index is 1720. The van der Waals surface area contributed by atoms with Crippen LogP contribution in [0.25, 0.3) is 0 Å². The Morgan fingerprint density at radius 2 is 1.68 bits per heavy atom. The van der Waals surface area contributed by atoms with Gasteiger partial charge in [0.05, 0.1) is 16.6 Å². The van der Waals surface area contributed by atoms with E-state index >= 15 is 0 Å². The van der Waals surface area contributed by atoms with E-state index in [4.69, 9.17) is 11.6 Å². The number of aryl methyl sites for hydroxylation is 1. The molecule has 0 aliphatic carbocycles. The Hall–Kier alpha value is -3.18. The minimum Gasteiger partial charge on any atom is -0.324 e. The maximum atomic E-state index is 13.9. The molecule has 3 amide bonds. The average molecular weight is 655 g/mol. The van der Waals surface area contributed by atoms with Gasteiger partial charge in [0.1, 0.15) is 11.8 Å². The number of para-hydroxylation sites is 1. The van der Waals surface area contributed by atoms with Gasteiger partial charge in [0, 0.05) is 26.0 Å². The Labute approximate surface area is 251 Å². The largest absolute Gasteiger partial charge is 0.324 e. The van der Waals surface area contributed by atoms with Crippen molar-refractivity contribution in [2.75, 3.05) is 10.2 Å². The second-order valence-electron chi connectivity index (χ2n) is 9.57. The van der Waals surface area contributed by atoms with Crippen molar-refractivity contribution < 1.29 is 14.4 Å². The fourth-order valence-electron chi connectivity index (χ4n) is 5.18. The number of anilines is 2. The molecule has 11 heteroatoms. The third-order valence-corrected chi connectivity index (χ3v) is 10.5. The molecular formula is C29H21BrClN3O4S2. The lowest BCUT2D eigenvalue weighted by Crippen LogP contribution is -2.33. The van der Waals surface area contributed by atoms with Gasteiger partial charge in [0.2, 0.25) is 17.7 Å². The lowest BCUT2D eigenvalue weighted by molar-refractivity contribution is -0.122. The number of aromatic nitrogens is 1. The van der Waals surface area contributed by atoms with E-state index in [0.29, 0.717) is 26.3 Å². The minimum atomic E-state index is -0.760. The molecule has 0 bridgehead atoms. The number of fused-ring (bicyclic) bond motifs is 2. The molecule has 1 N–H and O–H groups in total. The Morgan fingerprint density at radius 1 is 0.975 bits per heavy atom. The van der Waals surface area contributed by atoms with Crippen LogP contribution < -0.4 is 15.1 Å². The van der Waals surface area contributed by atoms with E-state index in [2.05, 4.69) is 21.2 Å². The van der Waals surface area contributed by atoms with E-state index < -0.39 is 17.1 Å². The molecule has 3 heterocycles. The topological polar surface area (TPSA) is 88.5 Å². The molecule has 0 saturated carbocycles. The highest BCUT2D eigenvalue weighted by atomic mass is 79.9. The van der Waals surface area contributed by atoms with Gasteiger partial charge in [0.15, 0.2) is 0 Å². The fourth-order valence-corrected chi connectivity index (χ4v) is 8.34. The molecule has 0 radical (unpaired) electrons. The highest BCUT2D eigenvalue weighted by Gasteiger charge is 2.56. The van der Waals surface area contributed by atoms with Crippen LogP contribution in [-0.2, 0) is 20.9 Å². The molecule has 4 aromatic rings. The third-order valence-electron chi connectivity index (χ3n) is 7.08. The standard InChI is InChI=1S/C29H21BrClN3O4S2/c1-15-4-2-3-5-20(15)32-21(35)14-33-28-25(40-29(33)38)22(16-6-8-17(30)9-7-16)23-24(39-28)27(37)34(26(23)36)19-12-10-18(31)11-13-19/h2-13,22-24H,14H2,1H3,(H,32,35). The second kappa shape index (κ2) is 10.7. The van der Waals surface area contributed by atoms with E-state index in [-0.39, 0.29) is 29.1 Å². The van der Waals surface area contributed by atoms with Crippen molar-refractivity contribution in [2.45, 2.75) is 29.7 Å². The van der Waals surface area contributed by atoms with Gasteiger partial charge in [-0.1, -0.05) is 81.0 Å². The van der Waals surface area contributed by atoms with Crippen molar-refractivity contribution in [2.24, 2.45) is 5.92 Å². The lowest BCUT2D eigenvalue weighted by atomic mass is 9.83. The summed E-state index contributed by atoms with van der Waals surface area (Å²) in [5.74, 6) is -2.27. The zero-order chi connectivity index (χ0) is 28.1. The zero-order valence-electron chi connectivity index (χ0n) is 21.0. The van der Waals surface area contributed by atoms with E-state index in [1.165, 1.54) is 21.2 Å². The summed E-state index contributed by atoms with van der Waals surface area (Å²) < 4.78 is 2.29. The molecule has 3 atom stereocenters. The van der Waals surface area contributed by atoms with Crippen molar-refractivity contribution in [1.82, 2.24) is 4.57 Å². The Morgan fingerprint density at radius 3 is 2.38 bits per heavy atom. The molecule has 7 nitrogen and oxygen atoms in total. The maximum absolute atomic E-state index is 13.9. The van der Waals surface area contributed by atoms with Gasteiger partial charge in [-0.2, -0.15) is 0 Å². The predicted octanol–water partition coefficient (Wildman–Crippen LogP) is 6.07. The first-order chi connectivity index (χ1) is 19.2. The molecule has 0 spiro atoms. The smallest absolute Gasteiger partial charge is 0.308 e. The molecule has 202 valence electrons. The summed E-state index contributed by atoms with van der Waals surface area (Å²) >= 11 is 11.7. The number of carbonyl (C=O) groups excluding carboxylic acids is 3. The molecule has 6 rings (SSSR count). The van der Waals surface area contributed by atoms with Crippen LogP contribution in [0.4, 0.5) is 11.4 Å². The number of halogens is 2. The molecular weight excluding hydrogens is 634 g/mol. The van der Waals surface area contributed by atoms with Crippen molar-refractivity contribution in [3.63, 3.8) is 0 Å². The summed E-state index contributed by atoms with van der Waals surface area (Å²) in [5.41, 5.74) is 2.83. The number of thioether (sulfide) groups is 1. The Kier molecular flexibility index (Phi) is 7.20. The Balaban J connectivity index is 1.41. The number of imide groups is 1. The van der Waals surface area contributed by atoms with Crippen LogP contribution in [-0.4, -0.2) is 27.5 Å². The summed E-state index contributed by atoms with van der Waals surface area (Å²) in [5, 5.41) is 3.16. The maximum Gasteiger partial charge on any atom is 0.308 e. The lowest BCUT2D eigenvalue weighted by Gasteiger charge is -2.30. The summed E-state index contributed by atoms with van der Waals surface area (Å²) in [4.78, 5) is 55.6. The number of nitrogens with one attached hydrogen (secondary N) is 1. The first-order valence-corrected chi connectivity index (χ1v) is 15.2. The van der Waals surface area contributed by atoms with E-state index in [9.17, 15) is 19.2 Å². The van der Waals surface area contributed by atoms with Crippen LogP contribution in [0.15, 0.2) is 87.1 Å². The molecule has 1 aromatic heterocycles. The van der Waals surface area contributed by atoms with Gasteiger partial charge >= 0.3 is 4.87 Å². The van der Waals surface area contributed by atoms with Crippen LogP contribution in [0.5, 0.6) is 0 Å². The molecule has 2 aliphatic rings. The first kappa shape index (κ1) is 27.0. The van der Waals surface area contributed by atoms with Gasteiger partial charge in [-0.3, -0.25) is 23.7 Å². The third kappa shape index (κ3) is 4.72. The molecule has 1 fully saturated rings. The number of carbonyl (C=O) groups is 3. The minimum absolute atomic E-state index is 0.209. The second-order valence-corrected chi connectivity index (χ2v) is 13.0. The van der Waals surface area contributed by atoms with Crippen LogP contribution in [0.3, 0.4) is 0 Å². The zero-order valence-corrected chi connectivity index (χ0v) is 24.9. The molecule has 3 aromatic carbocycles. The number of benzene rings is 3. The van der Waals surface area contributed by atoms with Gasteiger partial charge in [-0.05, 0) is 60.5 Å². The predicted molar refractivity (Wildman–Crippen MR) is 161 cm³/mol. The normalized spacial score (nSPS) is 19.9. The highest BCUT2D eigenvalue weighted by molar-refractivity contribution is 9.10. The van der Waals surface area contributed by atoms with Crippen LogP contribution in [0, 0.1) is 12.8 Å². The summed E-state index contributed by atoms with van der Waals surface area (Å²) in [6.45, 7) is 1.68.